The molecule has 110 valence electrons. The molecule has 0 bridgehead atoms. The summed E-state index contributed by atoms with van der Waals surface area (Å²) in [5.41, 5.74) is 2.29. The van der Waals surface area contributed by atoms with Crippen LogP contribution in [0.5, 0.6) is 5.75 Å². The molecular weight excluding hydrogens is 322 g/mol. The third-order valence-corrected chi connectivity index (χ3v) is 3.92. The first-order chi connectivity index (χ1) is 9.52. The first-order valence-corrected chi connectivity index (χ1v) is 7.57. The predicted molar refractivity (Wildman–Crippen MR) is 80.8 cm³/mol. The Morgan fingerprint density at radius 2 is 2.25 bits per heavy atom. The Morgan fingerprint density at radius 3 is 2.90 bits per heavy atom. The summed E-state index contributed by atoms with van der Waals surface area (Å²) >= 11 is 3.52. The Hall–Kier alpha value is -1.07. The highest BCUT2D eigenvalue weighted by Gasteiger charge is 2.24. The van der Waals surface area contributed by atoms with Crippen LogP contribution in [0.3, 0.4) is 0 Å². The average molecular weight is 342 g/mol. The molecule has 0 aliphatic carbocycles. The zero-order chi connectivity index (χ0) is 14.7. The maximum absolute atomic E-state index is 11.8. The van der Waals surface area contributed by atoms with E-state index in [1.54, 1.807) is 0 Å². The van der Waals surface area contributed by atoms with Crippen molar-refractivity contribution in [3.05, 3.63) is 27.7 Å². The largest absolute Gasteiger partial charge is 0.493 e. The second kappa shape index (κ2) is 6.59. The molecule has 4 nitrogen and oxygen atoms in total. The Balaban J connectivity index is 2.12. The molecule has 1 aliphatic heterocycles. The number of benzene rings is 1. The van der Waals surface area contributed by atoms with Crippen LogP contribution in [0.25, 0.3) is 0 Å². The van der Waals surface area contributed by atoms with Gasteiger partial charge in [-0.2, -0.15) is 0 Å². The number of nitrogens with one attached hydrogen (secondary N) is 1. The van der Waals surface area contributed by atoms with Crippen LogP contribution in [0.1, 0.15) is 25.0 Å². The number of halogens is 1. The van der Waals surface area contributed by atoms with Gasteiger partial charge in [0.2, 0.25) is 0 Å². The van der Waals surface area contributed by atoms with E-state index in [1.165, 1.54) is 12.7 Å². The molecular formula is C15H20BrNO3. The molecule has 0 radical (unpaired) electrons. The number of carbonyl (C=O) groups excluding carboxylic acids is 1. The Bertz CT molecular complexity index is 502. The van der Waals surface area contributed by atoms with Gasteiger partial charge in [-0.15, -0.1) is 0 Å². The highest BCUT2D eigenvalue weighted by molar-refractivity contribution is 9.10. The highest BCUT2D eigenvalue weighted by atomic mass is 79.9. The Morgan fingerprint density at radius 1 is 1.50 bits per heavy atom. The second-order valence-corrected chi connectivity index (χ2v) is 6.19. The van der Waals surface area contributed by atoms with Crippen LogP contribution in [-0.2, 0) is 22.5 Å². The number of hydrogen-bond acceptors (Lipinski definition) is 4. The first-order valence-electron chi connectivity index (χ1n) is 6.78. The molecule has 20 heavy (non-hydrogen) atoms. The van der Waals surface area contributed by atoms with E-state index in [0.717, 1.165) is 28.8 Å². The predicted octanol–water partition coefficient (Wildman–Crippen LogP) is 2.67. The van der Waals surface area contributed by atoms with Crippen LogP contribution in [-0.4, -0.2) is 25.7 Å². The van der Waals surface area contributed by atoms with Crippen LogP contribution < -0.4 is 10.1 Å². The standard InChI is InChI=1S/C15H20BrNO3/c1-9(2)13(15(18)19-3)17-8-11-7-12(16)6-10-4-5-20-14(10)11/h6-7,9,13,17H,4-5,8H2,1-3H3. The van der Waals surface area contributed by atoms with Gasteiger partial charge in [-0.3, -0.25) is 10.1 Å². The van der Waals surface area contributed by atoms with Crippen molar-refractivity contribution in [3.8, 4) is 5.75 Å². The minimum atomic E-state index is -0.309. The topological polar surface area (TPSA) is 47.6 Å². The molecule has 0 fully saturated rings. The van der Waals surface area contributed by atoms with Crippen molar-refractivity contribution in [1.29, 1.82) is 0 Å². The van der Waals surface area contributed by atoms with Gasteiger partial charge < -0.3 is 9.47 Å². The van der Waals surface area contributed by atoms with E-state index in [4.69, 9.17) is 9.47 Å². The third kappa shape index (κ3) is 3.33. The van der Waals surface area contributed by atoms with Gasteiger partial charge in [-0.05, 0) is 23.6 Å². The lowest BCUT2D eigenvalue weighted by molar-refractivity contribution is -0.144. The van der Waals surface area contributed by atoms with Gasteiger partial charge in [-0.1, -0.05) is 29.8 Å². The van der Waals surface area contributed by atoms with Crippen LogP contribution >= 0.6 is 15.9 Å². The molecule has 1 N–H and O–H groups in total. The summed E-state index contributed by atoms with van der Waals surface area (Å²) in [6, 6.07) is 3.81. The van der Waals surface area contributed by atoms with Crippen molar-refractivity contribution in [3.63, 3.8) is 0 Å². The second-order valence-electron chi connectivity index (χ2n) is 5.28. The number of esters is 1. The van der Waals surface area contributed by atoms with E-state index in [1.807, 2.05) is 19.9 Å². The summed E-state index contributed by atoms with van der Waals surface area (Å²) in [4.78, 5) is 11.8. The molecule has 1 aromatic rings. The Kier molecular flexibility index (Phi) is 5.05. The summed E-state index contributed by atoms with van der Waals surface area (Å²) in [7, 11) is 1.42. The number of carbonyl (C=O) groups is 1. The van der Waals surface area contributed by atoms with Crippen LogP contribution in [0.2, 0.25) is 0 Å². The number of ether oxygens (including phenoxy) is 2. The van der Waals surface area contributed by atoms with Crippen LogP contribution in [0.4, 0.5) is 0 Å². The van der Waals surface area contributed by atoms with Gasteiger partial charge in [0.1, 0.15) is 11.8 Å². The number of fused-ring (bicyclic) bond motifs is 1. The van der Waals surface area contributed by atoms with Gasteiger partial charge >= 0.3 is 5.97 Å². The molecule has 1 heterocycles. The maximum Gasteiger partial charge on any atom is 0.323 e. The quantitative estimate of drug-likeness (QED) is 0.836. The smallest absolute Gasteiger partial charge is 0.323 e. The summed E-state index contributed by atoms with van der Waals surface area (Å²) in [6.45, 7) is 5.30. The van der Waals surface area contributed by atoms with Gasteiger partial charge in [-0.25, -0.2) is 0 Å². The van der Waals surface area contributed by atoms with Gasteiger partial charge in [0.05, 0.1) is 13.7 Å². The average Bonchev–Trinajstić information content (AvgIpc) is 2.85. The molecule has 1 aromatic carbocycles. The maximum atomic E-state index is 11.8. The van der Waals surface area contributed by atoms with Crippen molar-refractivity contribution in [1.82, 2.24) is 5.32 Å². The van der Waals surface area contributed by atoms with E-state index < -0.39 is 0 Å². The zero-order valence-corrected chi connectivity index (χ0v) is 13.6. The number of hydrogen-bond donors (Lipinski definition) is 1. The SMILES string of the molecule is COC(=O)C(NCc1cc(Br)cc2c1OCC2)C(C)C. The lowest BCUT2D eigenvalue weighted by Crippen LogP contribution is -2.41. The lowest BCUT2D eigenvalue weighted by atomic mass is 10.0. The minimum Gasteiger partial charge on any atom is -0.493 e. The van der Waals surface area contributed by atoms with Gasteiger partial charge in [0.25, 0.3) is 0 Å². The van der Waals surface area contributed by atoms with E-state index in [9.17, 15) is 4.79 Å². The molecule has 2 rings (SSSR count). The summed E-state index contributed by atoms with van der Waals surface area (Å²) in [5.74, 6) is 0.893. The lowest BCUT2D eigenvalue weighted by Gasteiger charge is -2.20. The molecule has 0 saturated heterocycles. The van der Waals surface area contributed by atoms with Gasteiger partial charge in [0, 0.05) is 23.0 Å². The fourth-order valence-corrected chi connectivity index (χ4v) is 2.97. The zero-order valence-electron chi connectivity index (χ0n) is 12.0. The molecule has 1 aliphatic rings. The van der Waals surface area contributed by atoms with E-state index in [0.29, 0.717) is 6.54 Å². The van der Waals surface area contributed by atoms with E-state index >= 15 is 0 Å². The normalized spacial score (nSPS) is 14.8. The number of rotatable bonds is 5. The van der Waals surface area contributed by atoms with Crippen molar-refractivity contribution >= 4 is 21.9 Å². The van der Waals surface area contributed by atoms with Crippen LogP contribution in [0.15, 0.2) is 16.6 Å². The monoisotopic (exact) mass is 341 g/mol. The highest BCUT2D eigenvalue weighted by Crippen LogP contribution is 2.33. The van der Waals surface area contributed by atoms with E-state index in [2.05, 4.69) is 27.3 Å². The van der Waals surface area contributed by atoms with E-state index in [-0.39, 0.29) is 17.9 Å². The third-order valence-electron chi connectivity index (χ3n) is 3.46. The summed E-state index contributed by atoms with van der Waals surface area (Å²) in [6.07, 6.45) is 0.937. The molecule has 0 spiro atoms. The molecule has 1 unspecified atom stereocenters. The van der Waals surface area contributed by atoms with Crippen molar-refractivity contribution in [2.75, 3.05) is 13.7 Å². The van der Waals surface area contributed by atoms with Gasteiger partial charge in [0.15, 0.2) is 0 Å². The molecule has 0 aromatic heterocycles. The molecule has 5 heteroatoms. The molecule has 1 atom stereocenters. The van der Waals surface area contributed by atoms with Crippen LogP contribution in [0, 0.1) is 5.92 Å². The minimum absolute atomic E-state index is 0.170. The Labute approximate surface area is 128 Å². The molecule has 0 amide bonds. The number of methoxy groups -OCH3 is 1. The molecule has 0 saturated carbocycles. The van der Waals surface area contributed by atoms with Crippen molar-refractivity contribution in [2.24, 2.45) is 5.92 Å². The summed E-state index contributed by atoms with van der Waals surface area (Å²) < 4.78 is 11.6. The van der Waals surface area contributed by atoms with Crippen molar-refractivity contribution in [2.45, 2.75) is 32.9 Å². The first kappa shape index (κ1) is 15.3. The van der Waals surface area contributed by atoms with Crippen molar-refractivity contribution < 1.29 is 14.3 Å². The summed E-state index contributed by atoms with van der Waals surface area (Å²) in [5, 5.41) is 3.27. The fraction of sp³-hybridized carbons (Fsp3) is 0.533. The fourth-order valence-electron chi connectivity index (χ4n) is 2.42.